The summed E-state index contributed by atoms with van der Waals surface area (Å²) in [7, 11) is -2.85. The van der Waals surface area contributed by atoms with Gasteiger partial charge in [0.25, 0.3) is 0 Å². The number of hydrogen-bond acceptors (Lipinski definition) is 6. The summed E-state index contributed by atoms with van der Waals surface area (Å²) in [5.74, 6) is -0.771. The highest BCUT2D eigenvalue weighted by molar-refractivity contribution is 9.10. The van der Waals surface area contributed by atoms with Crippen LogP contribution in [-0.4, -0.2) is 37.6 Å². The fourth-order valence-corrected chi connectivity index (χ4v) is 6.14. The van der Waals surface area contributed by atoms with E-state index in [4.69, 9.17) is 4.18 Å². The van der Waals surface area contributed by atoms with E-state index in [1.54, 1.807) is 42.5 Å². The van der Waals surface area contributed by atoms with Gasteiger partial charge in [-0.05, 0) is 30.5 Å². The number of benzene rings is 2. The molecule has 9 heteroatoms. The molecule has 3 atom stereocenters. The first-order chi connectivity index (χ1) is 14.8. The molecule has 0 bridgehead atoms. The third kappa shape index (κ3) is 4.30. The van der Waals surface area contributed by atoms with Crippen LogP contribution in [0.3, 0.4) is 0 Å². The van der Waals surface area contributed by atoms with Crippen molar-refractivity contribution in [3.63, 3.8) is 0 Å². The molecular weight excluding hydrogens is 486 g/mol. The van der Waals surface area contributed by atoms with Gasteiger partial charge in [0, 0.05) is 34.1 Å². The van der Waals surface area contributed by atoms with Gasteiger partial charge in [-0.15, -0.1) is 0 Å². The molecule has 1 saturated heterocycles. The molecule has 2 aliphatic heterocycles. The number of nitrogens with zero attached hydrogens (tertiary/aromatic N) is 1. The Balaban J connectivity index is 1.74. The zero-order valence-corrected chi connectivity index (χ0v) is 19.0. The van der Waals surface area contributed by atoms with Gasteiger partial charge < -0.3 is 8.92 Å². The topological polar surface area (TPSA) is 90.0 Å². The molecule has 7 nitrogen and oxygen atoms in total. The van der Waals surface area contributed by atoms with Crippen molar-refractivity contribution in [2.45, 2.75) is 24.9 Å². The molecule has 162 valence electrons. The number of Topliss-reactive ketones (excluding diaryl/α,β-unsaturated/α-hetero) is 1. The number of fused-ring (bicyclic) bond motifs is 3. The van der Waals surface area contributed by atoms with Crippen LogP contribution in [0.5, 0.6) is 5.75 Å². The van der Waals surface area contributed by atoms with E-state index < -0.39 is 28.4 Å². The minimum Gasteiger partial charge on any atom is -0.466 e. The van der Waals surface area contributed by atoms with Crippen LogP contribution in [-0.2, 0) is 19.8 Å². The molecule has 0 radical (unpaired) electrons. The molecule has 2 aliphatic rings. The highest BCUT2D eigenvalue weighted by atomic mass is 79.9. The number of halogens is 1. The third-order valence-corrected chi connectivity index (χ3v) is 7.45. The Morgan fingerprint density at radius 3 is 2.68 bits per heavy atom. The van der Waals surface area contributed by atoms with Crippen LogP contribution in [0.25, 0.3) is 0 Å². The molecule has 0 aromatic heterocycles. The molecule has 0 amide bonds. The lowest BCUT2D eigenvalue weighted by atomic mass is 9.91. The van der Waals surface area contributed by atoms with E-state index in [0.29, 0.717) is 17.5 Å². The van der Waals surface area contributed by atoms with Crippen molar-refractivity contribution in [3.8, 4) is 5.75 Å². The van der Waals surface area contributed by atoms with Gasteiger partial charge in [-0.3, -0.25) is 4.79 Å². The Kier molecular flexibility index (Phi) is 6.00. The largest absolute Gasteiger partial charge is 0.466 e. The summed E-state index contributed by atoms with van der Waals surface area (Å²) in [5.41, 5.74) is 1.20. The Hall–Kier alpha value is -2.49. The highest BCUT2D eigenvalue weighted by Gasteiger charge is 2.52. The summed E-state index contributed by atoms with van der Waals surface area (Å²) in [4.78, 5) is 24.5. The predicted octanol–water partition coefficient (Wildman–Crippen LogP) is 3.82. The van der Waals surface area contributed by atoms with Gasteiger partial charge in [0.2, 0.25) is 0 Å². The molecule has 2 aromatic rings. The monoisotopic (exact) mass is 505 g/mol. The molecule has 31 heavy (non-hydrogen) atoms. The molecule has 0 unspecified atom stereocenters. The van der Waals surface area contributed by atoms with Crippen molar-refractivity contribution in [2.24, 2.45) is 5.92 Å². The average Bonchev–Trinajstić information content (AvgIpc) is 3.12. The normalized spacial score (nSPS) is 24.3. The molecule has 0 saturated carbocycles. The van der Waals surface area contributed by atoms with Gasteiger partial charge in [0.15, 0.2) is 5.78 Å². The smallest absolute Gasteiger partial charge is 0.386 e. The van der Waals surface area contributed by atoms with Crippen LogP contribution in [0.1, 0.15) is 34.8 Å². The average molecular weight is 506 g/mol. The van der Waals surface area contributed by atoms with Crippen molar-refractivity contribution < 1.29 is 26.9 Å². The molecule has 0 N–H and O–H groups in total. The second-order valence-electron chi connectivity index (χ2n) is 7.43. The molecule has 0 aliphatic carbocycles. The lowest BCUT2D eigenvalue weighted by Gasteiger charge is -2.35. The summed E-state index contributed by atoms with van der Waals surface area (Å²) in [5, 5.41) is 0. The van der Waals surface area contributed by atoms with Gasteiger partial charge in [0.05, 0.1) is 13.2 Å². The summed E-state index contributed by atoms with van der Waals surface area (Å²) in [6.07, 6.45) is 3.33. The molecule has 0 spiro atoms. The van der Waals surface area contributed by atoms with E-state index in [1.165, 1.54) is 17.5 Å². The van der Waals surface area contributed by atoms with Gasteiger partial charge in [0.1, 0.15) is 5.75 Å². The van der Waals surface area contributed by atoms with Crippen LogP contribution in [0.15, 0.2) is 65.2 Å². The molecule has 2 aromatic carbocycles. The minimum absolute atomic E-state index is 0.00893. The Morgan fingerprint density at radius 2 is 1.97 bits per heavy atom. The van der Waals surface area contributed by atoms with Crippen LogP contribution in [0.4, 0.5) is 0 Å². The minimum atomic E-state index is -4.12. The number of ether oxygens (including phenoxy) is 1. The first-order valence-corrected chi connectivity index (χ1v) is 11.8. The highest BCUT2D eigenvalue weighted by Crippen LogP contribution is 2.51. The number of ketones is 1. The van der Waals surface area contributed by atoms with Crippen molar-refractivity contribution in [2.75, 3.05) is 7.11 Å². The van der Waals surface area contributed by atoms with Crippen LogP contribution >= 0.6 is 15.9 Å². The zero-order chi connectivity index (χ0) is 22.2. The van der Waals surface area contributed by atoms with Crippen LogP contribution in [0.2, 0.25) is 0 Å². The lowest BCUT2D eigenvalue weighted by Crippen LogP contribution is -2.44. The van der Waals surface area contributed by atoms with E-state index in [9.17, 15) is 18.0 Å². The van der Waals surface area contributed by atoms with Gasteiger partial charge in [-0.25, -0.2) is 4.79 Å². The lowest BCUT2D eigenvalue weighted by molar-refractivity contribution is -0.134. The number of carbonyl (C=O) groups is 2. The van der Waals surface area contributed by atoms with Crippen LogP contribution < -0.4 is 4.18 Å². The molecular formula is C22H20BrNO6S. The summed E-state index contributed by atoms with van der Waals surface area (Å²) >= 11 is 3.43. The Bertz CT molecular complexity index is 1150. The Labute approximate surface area is 189 Å². The number of carbonyl (C=O) groups excluding carboxylic acids is 2. The first kappa shape index (κ1) is 21.7. The van der Waals surface area contributed by atoms with Crippen molar-refractivity contribution in [3.05, 3.63) is 76.3 Å². The summed E-state index contributed by atoms with van der Waals surface area (Å²) in [6, 6.07) is 12.7. The maximum Gasteiger partial charge on any atom is 0.386 e. The second-order valence-corrected chi connectivity index (χ2v) is 9.79. The number of rotatable bonds is 5. The van der Waals surface area contributed by atoms with Crippen molar-refractivity contribution in [1.29, 1.82) is 0 Å². The standard InChI is InChI=1S/C22H20BrNO6S/c1-29-21(26)10-7-15-11-17(13-19(25)14-5-3-2-4-6-14)24-22(15)18-12-16(23)8-9-20(18)30-31(24,27)28/h2-10,12,15,17,22H,11,13H2,1H3/b10-7+/t15-,17+,22-/m1/s1. The summed E-state index contributed by atoms with van der Waals surface area (Å²) < 4.78 is 38.2. The van der Waals surface area contributed by atoms with Crippen molar-refractivity contribution in [1.82, 2.24) is 4.31 Å². The van der Waals surface area contributed by atoms with Gasteiger partial charge >= 0.3 is 16.3 Å². The quantitative estimate of drug-likeness (QED) is 0.348. The van der Waals surface area contributed by atoms with E-state index in [0.717, 1.165) is 4.47 Å². The van der Waals surface area contributed by atoms with E-state index in [2.05, 4.69) is 20.7 Å². The van der Waals surface area contributed by atoms with E-state index in [1.807, 2.05) is 12.1 Å². The van der Waals surface area contributed by atoms with Crippen LogP contribution in [0, 0.1) is 5.92 Å². The number of esters is 1. The van der Waals surface area contributed by atoms with Gasteiger partial charge in [-0.2, -0.15) is 12.7 Å². The third-order valence-electron chi connectivity index (χ3n) is 5.53. The predicted molar refractivity (Wildman–Crippen MR) is 117 cm³/mol. The van der Waals surface area contributed by atoms with E-state index in [-0.39, 0.29) is 23.9 Å². The number of hydrogen-bond donors (Lipinski definition) is 0. The SMILES string of the molecule is COC(=O)/C=C/[C@@H]1C[C@@H](CC(=O)c2ccccc2)N2[C@H]1c1cc(Br)ccc1OS2(=O)=O. The second kappa shape index (κ2) is 8.57. The maximum atomic E-state index is 13.0. The Morgan fingerprint density at radius 1 is 1.23 bits per heavy atom. The van der Waals surface area contributed by atoms with Crippen molar-refractivity contribution >= 4 is 38.0 Å². The molecule has 1 fully saturated rings. The molecule has 2 heterocycles. The fraction of sp³-hybridized carbons (Fsp3) is 0.273. The van der Waals surface area contributed by atoms with Gasteiger partial charge in [-0.1, -0.05) is 52.3 Å². The number of methoxy groups -OCH3 is 1. The fourth-order valence-electron chi connectivity index (χ4n) is 4.22. The molecule has 4 rings (SSSR count). The maximum absolute atomic E-state index is 13.0. The first-order valence-electron chi connectivity index (χ1n) is 9.67. The summed E-state index contributed by atoms with van der Waals surface area (Å²) in [6.45, 7) is 0. The van der Waals surface area contributed by atoms with E-state index >= 15 is 0 Å². The zero-order valence-electron chi connectivity index (χ0n) is 16.6.